The Kier molecular flexibility index (Phi) is 6.24. The molecule has 0 amide bonds. The average Bonchev–Trinajstić information content (AvgIpc) is 2.72. The van der Waals surface area contributed by atoms with Crippen LogP contribution in [0.4, 0.5) is 5.69 Å². The maximum absolute atomic E-state index is 11.6. The molecule has 0 bridgehead atoms. The summed E-state index contributed by atoms with van der Waals surface area (Å²) in [5, 5.41) is 4.84. The van der Waals surface area contributed by atoms with E-state index in [0.29, 0.717) is 17.1 Å². The number of halogens is 1. The highest BCUT2D eigenvalue weighted by Gasteiger charge is 2.07. The third-order valence-corrected chi connectivity index (χ3v) is 4.90. The summed E-state index contributed by atoms with van der Waals surface area (Å²) < 4.78 is 5.71. The molecular formula is C23H22BrN3O2. The Morgan fingerprint density at radius 2 is 1.55 bits per heavy atom. The summed E-state index contributed by atoms with van der Waals surface area (Å²) in [5.74, 6) is 0.105. The molecule has 0 aliphatic rings. The minimum absolute atomic E-state index is 0.387. The Hall–Kier alpha value is -3.25. The molecule has 0 heterocycles. The van der Waals surface area contributed by atoms with Gasteiger partial charge in [-0.25, -0.2) is 4.79 Å². The van der Waals surface area contributed by atoms with Gasteiger partial charge >= 0.3 is 5.97 Å². The largest absolute Gasteiger partial charge is 0.465 e. The Morgan fingerprint density at radius 3 is 2.17 bits per heavy atom. The minimum Gasteiger partial charge on any atom is -0.465 e. The first kappa shape index (κ1) is 20.5. The van der Waals surface area contributed by atoms with E-state index in [-0.39, 0.29) is 5.97 Å². The molecule has 0 radical (unpaired) electrons. The fourth-order valence-corrected chi connectivity index (χ4v) is 3.65. The number of hydrogen-bond acceptors (Lipinski definition) is 5. The van der Waals surface area contributed by atoms with Crippen LogP contribution in [-0.4, -0.2) is 13.1 Å². The highest BCUT2D eigenvalue weighted by Crippen LogP contribution is 2.19. The van der Waals surface area contributed by atoms with Crippen molar-refractivity contribution < 1.29 is 9.53 Å². The van der Waals surface area contributed by atoms with Gasteiger partial charge in [0.05, 0.1) is 12.7 Å². The molecule has 29 heavy (non-hydrogen) atoms. The molecule has 5 N–H and O–H groups in total. The monoisotopic (exact) mass is 451 g/mol. The normalized spacial score (nSPS) is 12.8. The fourth-order valence-electron chi connectivity index (χ4n) is 3.04. The topological polar surface area (TPSA) is 90.4 Å². The van der Waals surface area contributed by atoms with Gasteiger partial charge in [0.2, 0.25) is 0 Å². The van der Waals surface area contributed by atoms with E-state index in [0.717, 1.165) is 31.7 Å². The first-order chi connectivity index (χ1) is 13.9. The predicted octanol–water partition coefficient (Wildman–Crippen LogP) is 2.80. The molecule has 6 heteroatoms. The predicted molar refractivity (Wildman–Crippen MR) is 120 cm³/mol. The van der Waals surface area contributed by atoms with E-state index in [9.17, 15) is 4.79 Å². The number of benzene rings is 3. The van der Waals surface area contributed by atoms with Crippen molar-refractivity contribution in [3.8, 4) is 0 Å². The van der Waals surface area contributed by atoms with E-state index in [2.05, 4.69) is 21.2 Å². The standard InChI is InChI=1S/C23H22BrN3O2/c1-14-11-17(24)13-18(12-14)27-22(26)20-6-4-3-5-19(20)21(25)15-7-9-16(10-8-15)23(28)29-2/h3-13,27H,25-26H2,1-2H3/b21-19-,22-20+. The number of esters is 1. The van der Waals surface area contributed by atoms with Gasteiger partial charge in [0.25, 0.3) is 0 Å². The van der Waals surface area contributed by atoms with Crippen LogP contribution in [0.2, 0.25) is 0 Å². The van der Waals surface area contributed by atoms with Crippen LogP contribution in [-0.2, 0) is 4.74 Å². The van der Waals surface area contributed by atoms with Crippen LogP contribution in [0.5, 0.6) is 0 Å². The Morgan fingerprint density at radius 1 is 0.931 bits per heavy atom. The molecule has 3 aromatic rings. The van der Waals surface area contributed by atoms with Crippen LogP contribution in [0, 0.1) is 6.92 Å². The van der Waals surface area contributed by atoms with Gasteiger partial charge in [0.15, 0.2) is 0 Å². The van der Waals surface area contributed by atoms with Crippen molar-refractivity contribution in [3.63, 3.8) is 0 Å². The van der Waals surface area contributed by atoms with Gasteiger partial charge < -0.3 is 21.5 Å². The number of carbonyl (C=O) groups excluding carboxylic acids is 1. The molecule has 0 fully saturated rings. The number of anilines is 1. The summed E-state index contributed by atoms with van der Waals surface area (Å²) in [6.45, 7) is 2.02. The number of aryl methyl sites for hydroxylation is 1. The van der Waals surface area contributed by atoms with E-state index >= 15 is 0 Å². The smallest absolute Gasteiger partial charge is 0.337 e. The number of hydrogen-bond donors (Lipinski definition) is 3. The number of ether oxygens (including phenoxy) is 1. The Bertz CT molecular complexity index is 1150. The third kappa shape index (κ3) is 4.78. The molecule has 0 atom stereocenters. The summed E-state index contributed by atoms with van der Waals surface area (Å²) in [6.07, 6.45) is 0. The van der Waals surface area contributed by atoms with Crippen LogP contribution in [0.1, 0.15) is 21.5 Å². The van der Waals surface area contributed by atoms with Crippen molar-refractivity contribution in [2.75, 3.05) is 12.4 Å². The average molecular weight is 452 g/mol. The van der Waals surface area contributed by atoms with Crippen LogP contribution >= 0.6 is 15.9 Å². The number of carbonyl (C=O) groups is 1. The quantitative estimate of drug-likeness (QED) is 0.530. The molecule has 3 aromatic carbocycles. The van der Waals surface area contributed by atoms with Gasteiger partial charge in [0.1, 0.15) is 5.82 Å². The number of methoxy groups -OCH3 is 1. The van der Waals surface area contributed by atoms with Gasteiger partial charge in [-0.2, -0.15) is 0 Å². The first-order valence-corrected chi connectivity index (χ1v) is 9.76. The van der Waals surface area contributed by atoms with E-state index in [1.165, 1.54) is 7.11 Å². The van der Waals surface area contributed by atoms with Gasteiger partial charge in [0, 0.05) is 26.3 Å². The van der Waals surface area contributed by atoms with Gasteiger partial charge in [-0.05, 0) is 48.4 Å². The molecule has 0 aliphatic carbocycles. The van der Waals surface area contributed by atoms with Crippen LogP contribution in [0.3, 0.4) is 0 Å². The highest BCUT2D eigenvalue weighted by atomic mass is 79.9. The second-order valence-electron chi connectivity index (χ2n) is 6.58. The van der Waals surface area contributed by atoms with Gasteiger partial charge in [-0.15, -0.1) is 0 Å². The zero-order valence-corrected chi connectivity index (χ0v) is 17.8. The second-order valence-corrected chi connectivity index (χ2v) is 7.50. The van der Waals surface area contributed by atoms with Crippen molar-refractivity contribution >= 4 is 39.1 Å². The fraction of sp³-hybridized carbons (Fsp3) is 0.0870. The molecule has 0 aliphatic heterocycles. The molecule has 0 spiro atoms. The van der Waals surface area contributed by atoms with Crippen LogP contribution < -0.4 is 27.2 Å². The van der Waals surface area contributed by atoms with Gasteiger partial charge in [-0.3, -0.25) is 0 Å². The number of nitrogens with one attached hydrogen (secondary N) is 1. The van der Waals surface area contributed by atoms with E-state index in [4.69, 9.17) is 16.2 Å². The first-order valence-electron chi connectivity index (χ1n) is 8.96. The van der Waals surface area contributed by atoms with Crippen molar-refractivity contribution in [1.29, 1.82) is 0 Å². The van der Waals surface area contributed by atoms with E-state index in [1.54, 1.807) is 24.3 Å². The zero-order chi connectivity index (χ0) is 21.0. The molecule has 0 aromatic heterocycles. The summed E-state index contributed by atoms with van der Waals surface area (Å²) in [4.78, 5) is 11.6. The third-order valence-electron chi connectivity index (χ3n) is 4.45. The van der Waals surface area contributed by atoms with Crippen molar-refractivity contribution in [2.45, 2.75) is 6.92 Å². The van der Waals surface area contributed by atoms with E-state index < -0.39 is 0 Å². The molecule has 148 valence electrons. The summed E-state index contributed by atoms with van der Waals surface area (Å²) in [7, 11) is 1.35. The summed E-state index contributed by atoms with van der Waals surface area (Å²) >= 11 is 3.50. The summed E-state index contributed by atoms with van der Waals surface area (Å²) in [5.41, 5.74) is 16.6. The maximum atomic E-state index is 11.6. The molecule has 0 saturated heterocycles. The molecular weight excluding hydrogens is 430 g/mol. The molecule has 0 unspecified atom stereocenters. The van der Waals surface area contributed by atoms with Crippen molar-refractivity contribution in [3.05, 3.63) is 98.3 Å². The van der Waals surface area contributed by atoms with Crippen molar-refractivity contribution in [2.24, 2.45) is 11.5 Å². The minimum atomic E-state index is -0.387. The van der Waals surface area contributed by atoms with Crippen molar-refractivity contribution in [1.82, 2.24) is 0 Å². The van der Waals surface area contributed by atoms with E-state index in [1.807, 2.05) is 49.4 Å². The lowest BCUT2D eigenvalue weighted by Gasteiger charge is -2.10. The van der Waals surface area contributed by atoms with Crippen LogP contribution in [0.15, 0.2) is 71.2 Å². The highest BCUT2D eigenvalue weighted by molar-refractivity contribution is 9.10. The SMILES string of the molecule is COC(=O)c1ccc(/C(N)=c2\cccc\c2=C(\N)Nc2cc(C)cc(Br)c2)cc1. The number of nitrogens with two attached hydrogens (primary N) is 2. The van der Waals surface area contributed by atoms with Crippen LogP contribution in [0.25, 0.3) is 11.5 Å². The molecule has 0 saturated carbocycles. The maximum Gasteiger partial charge on any atom is 0.337 e. The lowest BCUT2D eigenvalue weighted by Crippen LogP contribution is -2.35. The molecule has 3 rings (SSSR count). The number of rotatable bonds is 4. The lowest BCUT2D eigenvalue weighted by atomic mass is 10.1. The van der Waals surface area contributed by atoms with Gasteiger partial charge in [-0.1, -0.05) is 52.3 Å². The summed E-state index contributed by atoms with van der Waals surface area (Å²) in [6, 6.07) is 20.6. The molecule has 5 nitrogen and oxygen atoms in total. The second kappa shape index (κ2) is 8.84. The Labute approximate surface area is 177 Å². The zero-order valence-electron chi connectivity index (χ0n) is 16.2. The lowest BCUT2D eigenvalue weighted by molar-refractivity contribution is 0.0600. The Balaban J connectivity index is 2.09.